The Balaban J connectivity index is 1.38. The highest BCUT2D eigenvalue weighted by atomic mass is 35.5. The van der Waals surface area contributed by atoms with Crippen molar-refractivity contribution in [3.05, 3.63) is 89.2 Å². The van der Waals surface area contributed by atoms with Gasteiger partial charge >= 0.3 is 0 Å². The van der Waals surface area contributed by atoms with Gasteiger partial charge in [-0.15, -0.1) is 5.10 Å². The molecule has 1 fully saturated rings. The van der Waals surface area contributed by atoms with Crippen LogP contribution in [0.4, 0.5) is 10.1 Å². The van der Waals surface area contributed by atoms with Crippen molar-refractivity contribution >= 4 is 35.0 Å². The highest BCUT2D eigenvalue weighted by Gasteiger charge is 2.28. The Kier molecular flexibility index (Phi) is 6.91. The van der Waals surface area contributed by atoms with E-state index in [0.29, 0.717) is 53.5 Å². The number of carbonyl (C=O) groups excluding carboxylic acids is 1. The number of benzene rings is 2. The Bertz CT molecular complexity index is 1310. The van der Waals surface area contributed by atoms with Crippen LogP contribution in [-0.2, 0) is 5.75 Å². The molecule has 5 rings (SSSR count). The minimum atomic E-state index is -0.352. The first-order valence-electron chi connectivity index (χ1n) is 11.0. The molecule has 3 heterocycles. The molecule has 0 bridgehead atoms. The van der Waals surface area contributed by atoms with Crippen molar-refractivity contribution in [3.8, 4) is 5.69 Å². The number of carbonyl (C=O) groups is 1. The van der Waals surface area contributed by atoms with E-state index in [2.05, 4.69) is 25.2 Å². The van der Waals surface area contributed by atoms with Crippen LogP contribution in [0.25, 0.3) is 5.69 Å². The third-order valence-corrected chi connectivity index (χ3v) is 6.88. The molecule has 0 atom stereocenters. The Morgan fingerprint density at radius 1 is 0.971 bits per heavy atom. The number of hydrogen-bond donors (Lipinski definition) is 0. The largest absolute Gasteiger partial charge is 0.367 e. The Hall–Kier alpha value is -3.50. The predicted molar refractivity (Wildman–Crippen MR) is 132 cm³/mol. The second-order valence-corrected chi connectivity index (χ2v) is 9.17. The second-order valence-electron chi connectivity index (χ2n) is 7.82. The molecule has 1 aliphatic heterocycles. The van der Waals surface area contributed by atoms with Crippen molar-refractivity contribution in [1.82, 2.24) is 29.9 Å². The van der Waals surface area contributed by atoms with Crippen molar-refractivity contribution in [2.45, 2.75) is 10.9 Å². The smallest absolute Gasteiger partial charge is 0.276 e. The number of amides is 1. The molecule has 2 aromatic heterocycles. The Morgan fingerprint density at radius 3 is 2.40 bits per heavy atom. The van der Waals surface area contributed by atoms with E-state index in [9.17, 15) is 9.18 Å². The molecule has 178 valence electrons. The number of anilines is 1. The summed E-state index contributed by atoms with van der Waals surface area (Å²) in [5.41, 5.74) is 2.45. The number of para-hydroxylation sites is 1. The first-order chi connectivity index (χ1) is 17.1. The van der Waals surface area contributed by atoms with E-state index in [1.165, 1.54) is 23.9 Å². The molecule has 1 aliphatic rings. The topological polar surface area (TPSA) is 80.0 Å². The summed E-state index contributed by atoms with van der Waals surface area (Å²) in [5, 5.41) is 9.73. The average molecular weight is 510 g/mol. The van der Waals surface area contributed by atoms with Gasteiger partial charge in [-0.1, -0.05) is 40.7 Å². The number of thioether (sulfide) groups is 1. The lowest BCUT2D eigenvalue weighted by Crippen LogP contribution is -2.49. The molecule has 0 unspecified atom stereocenters. The number of rotatable bonds is 6. The first kappa shape index (κ1) is 23.3. The molecular formula is C24H21ClFN7OS. The van der Waals surface area contributed by atoms with Gasteiger partial charge < -0.3 is 9.80 Å². The summed E-state index contributed by atoms with van der Waals surface area (Å²) in [6.45, 7) is 2.37. The molecule has 35 heavy (non-hydrogen) atoms. The Labute approximate surface area is 210 Å². The second kappa shape index (κ2) is 10.4. The molecule has 11 heteroatoms. The van der Waals surface area contributed by atoms with Crippen LogP contribution in [0.15, 0.2) is 72.1 Å². The van der Waals surface area contributed by atoms with Crippen LogP contribution in [0.3, 0.4) is 0 Å². The zero-order valence-electron chi connectivity index (χ0n) is 18.6. The first-order valence-corrected chi connectivity index (χ1v) is 12.4. The lowest BCUT2D eigenvalue weighted by atomic mass is 10.2. The van der Waals surface area contributed by atoms with E-state index in [-0.39, 0.29) is 17.4 Å². The zero-order chi connectivity index (χ0) is 24.2. The van der Waals surface area contributed by atoms with Gasteiger partial charge in [0.2, 0.25) is 0 Å². The minimum absolute atomic E-state index is 0.193. The molecule has 0 radical (unpaired) electrons. The third kappa shape index (κ3) is 5.13. The molecule has 4 aromatic rings. The van der Waals surface area contributed by atoms with Crippen LogP contribution >= 0.6 is 23.4 Å². The number of piperazine rings is 1. The van der Waals surface area contributed by atoms with Crippen molar-refractivity contribution in [1.29, 1.82) is 0 Å². The number of aromatic nitrogens is 5. The molecule has 2 aromatic carbocycles. The van der Waals surface area contributed by atoms with E-state index < -0.39 is 0 Å². The summed E-state index contributed by atoms with van der Waals surface area (Å²) in [7, 11) is 0. The van der Waals surface area contributed by atoms with Gasteiger partial charge in [-0.2, -0.15) is 0 Å². The van der Waals surface area contributed by atoms with Crippen LogP contribution in [0.1, 0.15) is 16.2 Å². The number of nitrogens with zero attached hydrogens (tertiary/aromatic N) is 7. The monoisotopic (exact) mass is 509 g/mol. The van der Waals surface area contributed by atoms with E-state index in [1.807, 2.05) is 24.3 Å². The van der Waals surface area contributed by atoms with Gasteiger partial charge in [-0.3, -0.25) is 4.79 Å². The van der Waals surface area contributed by atoms with Crippen molar-refractivity contribution in [3.63, 3.8) is 0 Å². The summed E-state index contributed by atoms with van der Waals surface area (Å²) >= 11 is 7.73. The summed E-state index contributed by atoms with van der Waals surface area (Å²) < 4.78 is 15.1. The van der Waals surface area contributed by atoms with Gasteiger partial charge in [0.25, 0.3) is 5.91 Å². The molecule has 0 N–H and O–H groups in total. The van der Waals surface area contributed by atoms with Crippen molar-refractivity contribution in [2.24, 2.45) is 0 Å². The summed E-state index contributed by atoms with van der Waals surface area (Å²) in [5.74, 6) is -0.174. The average Bonchev–Trinajstić information content (AvgIpc) is 3.32. The molecular weight excluding hydrogens is 489 g/mol. The van der Waals surface area contributed by atoms with Gasteiger partial charge in [-0.25, -0.2) is 19.0 Å². The van der Waals surface area contributed by atoms with Crippen molar-refractivity contribution in [2.75, 3.05) is 31.1 Å². The van der Waals surface area contributed by atoms with Gasteiger partial charge in [-0.05, 0) is 42.5 Å². The number of hydrogen-bond acceptors (Lipinski definition) is 7. The highest BCUT2D eigenvalue weighted by Crippen LogP contribution is 2.27. The molecule has 0 saturated carbocycles. The molecule has 1 saturated heterocycles. The van der Waals surface area contributed by atoms with Crippen LogP contribution in [0.5, 0.6) is 0 Å². The quantitative estimate of drug-likeness (QED) is 0.286. The van der Waals surface area contributed by atoms with E-state index in [4.69, 9.17) is 11.6 Å². The molecule has 0 aliphatic carbocycles. The summed E-state index contributed by atoms with van der Waals surface area (Å²) in [6, 6.07) is 15.3. The van der Waals surface area contributed by atoms with Crippen LogP contribution in [0, 0.1) is 5.82 Å². The third-order valence-electron chi connectivity index (χ3n) is 5.68. The van der Waals surface area contributed by atoms with E-state index >= 15 is 0 Å². The minimum Gasteiger partial charge on any atom is -0.367 e. The summed E-state index contributed by atoms with van der Waals surface area (Å²) in [4.78, 5) is 25.9. The fourth-order valence-corrected chi connectivity index (χ4v) is 4.94. The van der Waals surface area contributed by atoms with Gasteiger partial charge in [0.1, 0.15) is 5.82 Å². The van der Waals surface area contributed by atoms with Gasteiger partial charge in [0, 0.05) is 44.3 Å². The maximum absolute atomic E-state index is 13.5. The predicted octanol–water partition coefficient (Wildman–Crippen LogP) is 4.10. The normalized spacial score (nSPS) is 13.8. The van der Waals surface area contributed by atoms with Crippen LogP contribution < -0.4 is 4.90 Å². The standard InChI is InChI=1S/C24H21ClFN7OS/c25-19-4-1-2-5-20(19)31-12-14-32(15-13-31)23(34)22-21(16-35-24-27-10-3-11-28-24)33(30-29-22)18-8-6-17(26)7-9-18/h1-11H,12-16H2. The maximum atomic E-state index is 13.5. The van der Waals surface area contributed by atoms with Crippen LogP contribution in [-0.4, -0.2) is 61.9 Å². The fraction of sp³-hybridized carbons (Fsp3) is 0.208. The zero-order valence-corrected chi connectivity index (χ0v) is 20.2. The molecule has 8 nitrogen and oxygen atoms in total. The molecule has 1 amide bonds. The maximum Gasteiger partial charge on any atom is 0.276 e. The SMILES string of the molecule is O=C(c1nnn(-c2ccc(F)cc2)c1CSc1ncccn1)N1CCN(c2ccccc2Cl)CC1. The number of halogens is 2. The van der Waals surface area contributed by atoms with E-state index in [0.717, 1.165) is 5.69 Å². The van der Waals surface area contributed by atoms with Crippen molar-refractivity contribution < 1.29 is 9.18 Å². The lowest BCUT2D eigenvalue weighted by molar-refractivity contribution is 0.0740. The van der Waals surface area contributed by atoms with Crippen LogP contribution in [0.2, 0.25) is 5.02 Å². The van der Waals surface area contributed by atoms with E-state index in [1.54, 1.807) is 40.2 Å². The fourth-order valence-electron chi connectivity index (χ4n) is 3.89. The summed E-state index contributed by atoms with van der Waals surface area (Å²) in [6.07, 6.45) is 3.32. The lowest BCUT2D eigenvalue weighted by Gasteiger charge is -2.36. The highest BCUT2D eigenvalue weighted by molar-refractivity contribution is 7.98. The molecule has 0 spiro atoms. The van der Waals surface area contributed by atoms with Gasteiger partial charge in [0.15, 0.2) is 10.9 Å². The Morgan fingerprint density at radius 2 is 1.69 bits per heavy atom. The van der Waals surface area contributed by atoms with Gasteiger partial charge in [0.05, 0.1) is 22.1 Å².